The van der Waals surface area contributed by atoms with E-state index in [1.54, 1.807) is 44.3 Å². The highest BCUT2D eigenvalue weighted by Crippen LogP contribution is 2.32. The third-order valence-electron chi connectivity index (χ3n) is 4.06. The summed E-state index contributed by atoms with van der Waals surface area (Å²) in [6, 6.07) is 9.87. The minimum Gasteiger partial charge on any atom is -0.386 e. The van der Waals surface area contributed by atoms with E-state index in [4.69, 9.17) is 0 Å². The molecule has 1 aromatic heterocycles. The molecule has 2 aromatic rings. The number of carbonyl (C=O) groups excluding carboxylic acids is 1. The number of halogens is 2. The van der Waals surface area contributed by atoms with E-state index in [0.29, 0.717) is 5.57 Å². The monoisotopic (exact) mass is 317 g/mol. The number of carbonyl (C=O) groups is 1. The minimum absolute atomic E-state index is 0.175. The average molecular weight is 317 g/mol. The number of nitrogens with zero attached hydrogens (tertiary/aromatic N) is 1. The number of benzene rings is 1. The lowest BCUT2D eigenvalue weighted by molar-refractivity contribution is 0.0785. The molecule has 1 aliphatic heterocycles. The zero-order valence-corrected chi connectivity index (χ0v) is 12.9. The molecule has 23 heavy (non-hydrogen) atoms. The first-order valence-electron chi connectivity index (χ1n) is 7.34. The van der Waals surface area contributed by atoms with E-state index in [-0.39, 0.29) is 23.6 Å². The van der Waals surface area contributed by atoms with Gasteiger partial charge in [0.2, 0.25) is 0 Å². The summed E-state index contributed by atoms with van der Waals surface area (Å²) in [7, 11) is 0. The van der Waals surface area contributed by atoms with Gasteiger partial charge in [0.25, 0.3) is 6.43 Å². The molecule has 0 radical (unpaired) electrons. The molecule has 2 heterocycles. The van der Waals surface area contributed by atoms with Gasteiger partial charge in [-0.05, 0) is 42.7 Å². The van der Waals surface area contributed by atoms with Gasteiger partial charge < -0.3 is 9.67 Å². The zero-order chi connectivity index (χ0) is 16.8. The van der Waals surface area contributed by atoms with Crippen molar-refractivity contribution in [1.29, 1.82) is 0 Å². The zero-order valence-electron chi connectivity index (χ0n) is 12.9. The van der Waals surface area contributed by atoms with Crippen LogP contribution < -0.4 is 0 Å². The molecule has 0 amide bonds. The number of allylic oxidation sites excluding steroid dienone is 1. The maximum Gasteiger partial charge on any atom is 0.278 e. The molecule has 1 aromatic carbocycles. The number of Topliss-reactive ketones (excluding diaryl/α,β-unsaturated/α-hetero) is 1. The second-order valence-corrected chi connectivity index (χ2v) is 6.20. The summed E-state index contributed by atoms with van der Waals surface area (Å²) in [6.07, 6.45) is -0.865. The van der Waals surface area contributed by atoms with Crippen molar-refractivity contribution < 1.29 is 18.7 Å². The topological polar surface area (TPSA) is 42.2 Å². The van der Waals surface area contributed by atoms with Gasteiger partial charge >= 0.3 is 0 Å². The molecule has 0 saturated carbocycles. The van der Waals surface area contributed by atoms with E-state index in [1.807, 2.05) is 0 Å². The first kappa shape index (κ1) is 15.6. The van der Waals surface area contributed by atoms with E-state index in [9.17, 15) is 18.7 Å². The first-order valence-corrected chi connectivity index (χ1v) is 7.34. The van der Waals surface area contributed by atoms with Crippen molar-refractivity contribution in [3.8, 4) is 0 Å². The summed E-state index contributed by atoms with van der Waals surface area (Å²) in [5.74, 6) is -0.180. The van der Waals surface area contributed by atoms with Gasteiger partial charge in [-0.1, -0.05) is 24.3 Å². The number of fused-ring (bicyclic) bond motifs is 1. The van der Waals surface area contributed by atoms with Gasteiger partial charge in [0.05, 0.1) is 17.0 Å². The van der Waals surface area contributed by atoms with E-state index in [0.717, 1.165) is 11.1 Å². The fourth-order valence-corrected chi connectivity index (χ4v) is 2.75. The highest BCUT2D eigenvalue weighted by molar-refractivity contribution is 6.06. The molecule has 3 nitrogen and oxygen atoms in total. The summed E-state index contributed by atoms with van der Waals surface area (Å²) in [4.78, 5) is 12.2. The standard InChI is InChI=1S/C18H17F2NO2/c1-18(2,23)13-5-3-11(4-6-13)12-9-16(22)14-7-8-15(17(19)20)21(14)10-12/h3-8,10,17,23H,9H2,1-2H3. The molecular weight excluding hydrogens is 300 g/mol. The van der Waals surface area contributed by atoms with Crippen LogP contribution in [-0.2, 0) is 5.60 Å². The number of rotatable bonds is 3. The number of aliphatic hydroxyl groups is 1. The lowest BCUT2D eigenvalue weighted by atomic mass is 9.93. The van der Waals surface area contributed by atoms with Crippen LogP contribution in [0.5, 0.6) is 0 Å². The number of aromatic nitrogens is 1. The molecule has 0 atom stereocenters. The third-order valence-corrected chi connectivity index (χ3v) is 4.06. The van der Waals surface area contributed by atoms with Crippen LogP contribution in [0.3, 0.4) is 0 Å². The van der Waals surface area contributed by atoms with Gasteiger partial charge in [0, 0.05) is 12.6 Å². The Morgan fingerprint density at radius 3 is 2.35 bits per heavy atom. The average Bonchev–Trinajstić information content (AvgIpc) is 2.91. The smallest absolute Gasteiger partial charge is 0.278 e. The summed E-state index contributed by atoms with van der Waals surface area (Å²) >= 11 is 0. The second-order valence-electron chi connectivity index (χ2n) is 6.20. The quantitative estimate of drug-likeness (QED) is 0.920. The van der Waals surface area contributed by atoms with Gasteiger partial charge in [0.15, 0.2) is 5.78 Å². The Bertz CT molecular complexity index is 780. The van der Waals surface area contributed by atoms with Crippen molar-refractivity contribution in [2.75, 3.05) is 0 Å². The Kier molecular flexibility index (Phi) is 3.68. The van der Waals surface area contributed by atoms with Gasteiger partial charge in [-0.2, -0.15) is 0 Å². The second kappa shape index (κ2) is 5.42. The highest BCUT2D eigenvalue weighted by Gasteiger charge is 2.25. The number of hydrogen-bond acceptors (Lipinski definition) is 2. The van der Waals surface area contributed by atoms with Crippen LogP contribution in [0.2, 0.25) is 0 Å². The Morgan fingerprint density at radius 1 is 1.13 bits per heavy atom. The molecular formula is C18H17F2NO2. The summed E-state index contributed by atoms with van der Waals surface area (Å²) in [5.41, 5.74) is 1.37. The Labute approximate surface area is 132 Å². The minimum atomic E-state index is -2.63. The maximum absolute atomic E-state index is 13.0. The molecule has 0 saturated heterocycles. The molecule has 0 bridgehead atoms. The number of hydrogen-bond donors (Lipinski definition) is 1. The van der Waals surface area contributed by atoms with E-state index < -0.39 is 12.0 Å². The molecule has 0 unspecified atom stereocenters. The summed E-state index contributed by atoms with van der Waals surface area (Å²) in [6.45, 7) is 3.37. The molecule has 1 aliphatic rings. The normalized spacial score (nSPS) is 14.9. The van der Waals surface area contributed by atoms with Crippen LogP contribution in [0.4, 0.5) is 8.78 Å². The van der Waals surface area contributed by atoms with E-state index in [1.165, 1.54) is 16.7 Å². The van der Waals surface area contributed by atoms with Gasteiger partial charge in [-0.25, -0.2) is 8.78 Å². The fraction of sp³-hybridized carbons (Fsp3) is 0.278. The van der Waals surface area contributed by atoms with Gasteiger partial charge in [-0.15, -0.1) is 0 Å². The van der Waals surface area contributed by atoms with Gasteiger partial charge in [-0.3, -0.25) is 4.79 Å². The third kappa shape index (κ3) is 2.84. The van der Waals surface area contributed by atoms with Crippen molar-refractivity contribution in [2.24, 2.45) is 0 Å². The van der Waals surface area contributed by atoms with E-state index >= 15 is 0 Å². The Hall–Kier alpha value is -2.27. The lowest BCUT2D eigenvalue weighted by Crippen LogP contribution is -2.16. The van der Waals surface area contributed by atoms with Crippen molar-refractivity contribution in [1.82, 2.24) is 4.57 Å². The molecule has 3 rings (SSSR count). The number of ketones is 1. The predicted octanol–water partition coefficient (Wildman–Crippen LogP) is 4.24. The molecule has 1 N–H and O–H groups in total. The van der Waals surface area contributed by atoms with Crippen molar-refractivity contribution >= 4 is 17.6 Å². The summed E-state index contributed by atoms with van der Waals surface area (Å²) in [5, 5.41) is 9.98. The van der Waals surface area contributed by atoms with E-state index in [2.05, 4.69) is 0 Å². The predicted molar refractivity (Wildman–Crippen MR) is 84.2 cm³/mol. The Morgan fingerprint density at radius 2 is 1.78 bits per heavy atom. The molecule has 120 valence electrons. The molecule has 5 heteroatoms. The fourth-order valence-electron chi connectivity index (χ4n) is 2.75. The van der Waals surface area contributed by atoms with Crippen LogP contribution in [0, 0.1) is 0 Å². The SMILES string of the molecule is CC(C)(O)c1ccc(C2=Cn3c(ccc3C(F)F)C(=O)C2)cc1. The Balaban J connectivity index is 2.02. The molecule has 0 aliphatic carbocycles. The lowest BCUT2D eigenvalue weighted by Gasteiger charge is -2.20. The van der Waals surface area contributed by atoms with Crippen molar-refractivity contribution in [2.45, 2.75) is 32.3 Å². The maximum atomic E-state index is 13.0. The van der Waals surface area contributed by atoms with Gasteiger partial charge in [0.1, 0.15) is 0 Å². The van der Waals surface area contributed by atoms with Crippen LogP contribution in [0.15, 0.2) is 36.4 Å². The number of alkyl halides is 2. The molecule has 0 fully saturated rings. The summed E-state index contributed by atoms with van der Waals surface area (Å²) < 4.78 is 27.4. The highest BCUT2D eigenvalue weighted by atomic mass is 19.3. The van der Waals surface area contributed by atoms with Crippen molar-refractivity contribution in [3.05, 3.63) is 58.9 Å². The van der Waals surface area contributed by atoms with Crippen molar-refractivity contribution in [3.63, 3.8) is 0 Å². The molecule has 0 spiro atoms. The van der Waals surface area contributed by atoms with Crippen LogP contribution in [-0.4, -0.2) is 15.5 Å². The first-order chi connectivity index (χ1) is 10.8. The van der Waals surface area contributed by atoms with Crippen LogP contribution >= 0.6 is 0 Å². The van der Waals surface area contributed by atoms with Crippen LogP contribution in [0.25, 0.3) is 11.8 Å². The largest absolute Gasteiger partial charge is 0.386 e. The van der Waals surface area contributed by atoms with Crippen LogP contribution in [0.1, 0.15) is 54.0 Å².